The van der Waals surface area contributed by atoms with Gasteiger partial charge in [-0.3, -0.25) is 9.59 Å². The highest BCUT2D eigenvalue weighted by molar-refractivity contribution is 6.09. The van der Waals surface area contributed by atoms with Gasteiger partial charge >= 0.3 is 0 Å². The molecule has 2 amide bonds. The molecule has 6 heteroatoms. The lowest BCUT2D eigenvalue weighted by molar-refractivity contribution is 0.0858. The van der Waals surface area contributed by atoms with Gasteiger partial charge in [0.05, 0.1) is 17.4 Å². The van der Waals surface area contributed by atoms with E-state index < -0.39 is 0 Å². The number of ether oxygens (including phenoxy) is 2. The fraction of sp³-hybridized carbons (Fsp3) is 0.304. The number of hydrogen-bond donors (Lipinski definition) is 2. The molecule has 1 fully saturated rings. The van der Waals surface area contributed by atoms with Gasteiger partial charge in [-0.15, -0.1) is 0 Å². The normalized spacial score (nSPS) is 15.6. The molecule has 0 unspecified atom stereocenters. The topological polar surface area (TPSA) is 76.7 Å². The van der Waals surface area contributed by atoms with Crippen molar-refractivity contribution in [2.75, 3.05) is 25.1 Å². The van der Waals surface area contributed by atoms with Crippen LogP contribution in [0, 0.1) is 0 Å². The molecule has 29 heavy (non-hydrogen) atoms. The second kappa shape index (κ2) is 9.89. The van der Waals surface area contributed by atoms with Gasteiger partial charge < -0.3 is 20.1 Å². The maximum Gasteiger partial charge on any atom is 0.255 e. The average Bonchev–Trinajstić information content (AvgIpc) is 3.25. The zero-order chi connectivity index (χ0) is 20.6. The minimum Gasteiger partial charge on any atom is -0.489 e. The van der Waals surface area contributed by atoms with Crippen molar-refractivity contribution in [2.45, 2.75) is 25.9 Å². The monoisotopic (exact) mass is 394 g/mol. The fourth-order valence-corrected chi connectivity index (χ4v) is 3.03. The van der Waals surface area contributed by atoms with E-state index in [4.69, 9.17) is 9.47 Å². The summed E-state index contributed by atoms with van der Waals surface area (Å²) in [4.78, 5) is 25.3. The lowest BCUT2D eigenvalue weighted by Gasteiger charge is -2.14. The molecule has 0 spiro atoms. The molecule has 2 N–H and O–H groups in total. The summed E-state index contributed by atoms with van der Waals surface area (Å²) >= 11 is 0. The molecule has 1 atom stereocenters. The molecule has 0 aromatic heterocycles. The lowest BCUT2D eigenvalue weighted by Crippen LogP contribution is -2.32. The molecule has 1 aliphatic rings. The molecule has 0 aliphatic carbocycles. The van der Waals surface area contributed by atoms with Gasteiger partial charge in [0, 0.05) is 18.7 Å². The first-order valence-electron chi connectivity index (χ1n) is 9.70. The summed E-state index contributed by atoms with van der Waals surface area (Å²) in [5, 5.41) is 5.71. The van der Waals surface area contributed by atoms with E-state index in [0.29, 0.717) is 35.7 Å². The lowest BCUT2D eigenvalue weighted by atomic mass is 10.1. The first-order chi connectivity index (χ1) is 14.0. The summed E-state index contributed by atoms with van der Waals surface area (Å²) in [6.45, 7) is 7.26. The summed E-state index contributed by atoms with van der Waals surface area (Å²) in [5.74, 6) is 0.0309. The van der Waals surface area contributed by atoms with E-state index in [-0.39, 0.29) is 17.9 Å². The maximum atomic E-state index is 12.7. The van der Waals surface area contributed by atoms with Gasteiger partial charge in [-0.25, -0.2) is 0 Å². The van der Waals surface area contributed by atoms with Gasteiger partial charge in [-0.1, -0.05) is 24.8 Å². The molecule has 2 aromatic rings. The summed E-state index contributed by atoms with van der Waals surface area (Å²) < 4.78 is 11.1. The molecule has 1 heterocycles. The van der Waals surface area contributed by atoms with E-state index in [2.05, 4.69) is 17.2 Å². The van der Waals surface area contributed by atoms with E-state index in [0.717, 1.165) is 25.0 Å². The first kappa shape index (κ1) is 20.6. The van der Waals surface area contributed by atoms with Crippen molar-refractivity contribution in [1.82, 2.24) is 5.32 Å². The Hall–Kier alpha value is -3.12. The smallest absolute Gasteiger partial charge is 0.255 e. The van der Waals surface area contributed by atoms with Crippen LogP contribution in [0.2, 0.25) is 0 Å². The van der Waals surface area contributed by atoms with Crippen LogP contribution in [-0.2, 0) is 4.74 Å². The summed E-state index contributed by atoms with van der Waals surface area (Å²) in [6.07, 6.45) is 2.02. The van der Waals surface area contributed by atoms with Crippen LogP contribution in [0.3, 0.4) is 0 Å². The number of rotatable bonds is 8. The van der Waals surface area contributed by atoms with E-state index in [1.54, 1.807) is 48.5 Å². The number of benzene rings is 2. The number of amides is 2. The minimum atomic E-state index is -0.315. The number of carbonyl (C=O) groups is 2. The summed E-state index contributed by atoms with van der Waals surface area (Å²) in [7, 11) is 0. The van der Waals surface area contributed by atoms with Crippen molar-refractivity contribution in [3.8, 4) is 5.75 Å². The fourth-order valence-electron chi connectivity index (χ4n) is 3.03. The van der Waals surface area contributed by atoms with E-state index in [1.807, 2.05) is 6.92 Å². The van der Waals surface area contributed by atoms with Gasteiger partial charge in [0.2, 0.25) is 0 Å². The van der Waals surface area contributed by atoms with Crippen molar-refractivity contribution in [3.05, 3.63) is 71.8 Å². The summed E-state index contributed by atoms with van der Waals surface area (Å²) in [5.41, 5.74) is 2.20. The van der Waals surface area contributed by atoms with Crippen molar-refractivity contribution in [1.29, 1.82) is 0 Å². The molecule has 0 bridgehead atoms. The number of anilines is 1. The highest BCUT2D eigenvalue weighted by Gasteiger charge is 2.18. The molecule has 0 saturated carbocycles. The van der Waals surface area contributed by atoms with E-state index >= 15 is 0 Å². The standard InChI is InChI=1S/C23H26N2O4/c1-16(2)15-29-18-8-5-7-17(13-18)22(26)25-21-11-4-3-10-20(21)23(27)24-14-19-9-6-12-28-19/h3-5,7-8,10-11,13,19H,1,6,9,12,14-15H2,2H3,(H,24,27)(H,25,26)/t19-/m0/s1. The number of nitrogens with one attached hydrogen (secondary N) is 2. The minimum absolute atomic E-state index is 0.0580. The predicted octanol–water partition coefficient (Wildman–Crippen LogP) is 3.80. The predicted molar refractivity (Wildman–Crippen MR) is 112 cm³/mol. The second-order valence-electron chi connectivity index (χ2n) is 7.12. The molecule has 1 aliphatic heterocycles. The highest BCUT2D eigenvalue weighted by atomic mass is 16.5. The van der Waals surface area contributed by atoms with Crippen molar-refractivity contribution in [3.63, 3.8) is 0 Å². The second-order valence-corrected chi connectivity index (χ2v) is 7.12. The third kappa shape index (κ3) is 5.93. The van der Waals surface area contributed by atoms with Crippen molar-refractivity contribution in [2.24, 2.45) is 0 Å². The van der Waals surface area contributed by atoms with Crippen LogP contribution in [0.5, 0.6) is 5.75 Å². The van der Waals surface area contributed by atoms with Crippen LogP contribution in [0.15, 0.2) is 60.7 Å². The molecular formula is C23H26N2O4. The van der Waals surface area contributed by atoms with Crippen LogP contribution in [0.1, 0.15) is 40.5 Å². The molecule has 6 nitrogen and oxygen atoms in total. The van der Waals surface area contributed by atoms with Gasteiger partial charge in [0.15, 0.2) is 0 Å². The van der Waals surface area contributed by atoms with Gasteiger partial charge in [0.1, 0.15) is 12.4 Å². The number of hydrogen-bond acceptors (Lipinski definition) is 4. The summed E-state index contributed by atoms with van der Waals surface area (Å²) in [6, 6.07) is 13.8. The number of carbonyl (C=O) groups excluding carboxylic acids is 2. The molecule has 3 rings (SSSR count). The Labute approximate surface area is 170 Å². The Kier molecular flexibility index (Phi) is 7.03. The van der Waals surface area contributed by atoms with Crippen LogP contribution < -0.4 is 15.4 Å². The van der Waals surface area contributed by atoms with E-state index in [9.17, 15) is 9.59 Å². The quantitative estimate of drug-likeness (QED) is 0.668. The third-order valence-corrected chi connectivity index (χ3v) is 4.52. The zero-order valence-electron chi connectivity index (χ0n) is 16.6. The number of para-hydroxylation sites is 1. The van der Waals surface area contributed by atoms with Crippen LogP contribution in [0.4, 0.5) is 5.69 Å². The highest BCUT2D eigenvalue weighted by Crippen LogP contribution is 2.19. The van der Waals surface area contributed by atoms with Crippen LogP contribution in [-0.4, -0.2) is 37.7 Å². The SMILES string of the molecule is C=C(C)COc1cccc(C(=O)Nc2ccccc2C(=O)NC[C@@H]2CCCO2)c1. The van der Waals surface area contributed by atoms with E-state index in [1.165, 1.54) is 0 Å². The van der Waals surface area contributed by atoms with Crippen molar-refractivity contribution >= 4 is 17.5 Å². The maximum absolute atomic E-state index is 12.7. The Bertz CT molecular complexity index is 888. The van der Waals surface area contributed by atoms with Crippen LogP contribution in [0.25, 0.3) is 0 Å². The van der Waals surface area contributed by atoms with Crippen LogP contribution >= 0.6 is 0 Å². The molecule has 0 radical (unpaired) electrons. The molecule has 152 valence electrons. The Morgan fingerprint density at radius 1 is 1.17 bits per heavy atom. The third-order valence-electron chi connectivity index (χ3n) is 4.52. The Morgan fingerprint density at radius 2 is 2.00 bits per heavy atom. The average molecular weight is 394 g/mol. The molecular weight excluding hydrogens is 368 g/mol. The largest absolute Gasteiger partial charge is 0.489 e. The molecule has 1 saturated heterocycles. The Morgan fingerprint density at radius 3 is 2.76 bits per heavy atom. The first-order valence-corrected chi connectivity index (χ1v) is 9.70. The Balaban J connectivity index is 1.66. The van der Waals surface area contributed by atoms with Gasteiger partial charge in [-0.2, -0.15) is 0 Å². The molecule has 2 aromatic carbocycles. The van der Waals surface area contributed by atoms with Gasteiger partial charge in [0.25, 0.3) is 11.8 Å². The van der Waals surface area contributed by atoms with Crippen molar-refractivity contribution < 1.29 is 19.1 Å². The van der Waals surface area contributed by atoms with Gasteiger partial charge in [-0.05, 0) is 55.7 Å². The zero-order valence-corrected chi connectivity index (χ0v) is 16.6.